The number of phenolic OH excluding ortho intramolecular Hbond substituents is 2. The summed E-state index contributed by atoms with van der Waals surface area (Å²) in [5.74, 6) is -14.3. The Hall–Kier alpha value is -5.36. The van der Waals surface area contributed by atoms with Crippen LogP contribution in [0.1, 0.15) is 70.7 Å². The molecule has 2 saturated heterocycles. The fourth-order valence-corrected chi connectivity index (χ4v) is 7.86. The molecule has 2 heterocycles. The maximum absolute atomic E-state index is 14.9. The molecule has 3 aliphatic rings. The van der Waals surface area contributed by atoms with Crippen LogP contribution in [0.15, 0.2) is 12.1 Å². The minimum atomic E-state index is -3.08. The number of carbonyl (C=O) groups is 6. The second-order valence-electron chi connectivity index (χ2n) is 11.0. The molecular weight excluding hydrogens is 672 g/mol. The highest BCUT2D eigenvalue weighted by atomic mass is 32.1. The Morgan fingerprint density at radius 3 is 1.04 bits per heavy atom. The molecule has 0 saturated carbocycles. The number of phenols is 4. The Morgan fingerprint density at radius 2 is 0.833 bits per heavy atom. The molecule has 2 spiro atoms. The fraction of sp³-hybridized carbons (Fsp3) is 0.333. The first-order valence-corrected chi connectivity index (χ1v) is 15.3. The van der Waals surface area contributed by atoms with Crippen LogP contribution in [0.4, 0.5) is 0 Å². The number of amides is 4. The standard InChI is InChI=1S/C30H28N4O12S2/c1-5-31-23(43)29(24(44)32(6-2)27(31)47)11-9-13(35)20(38)16(22(41)42)18(11)30(12-10-14(36)19(37)15(17(12)29)21(39)40)25(45)33(7-3)28(48)34(8-4)26(30)46/h9-10,35-38H,5-8H2,1-4H3,(H,39,40)(H,41,42). The van der Waals surface area contributed by atoms with Gasteiger partial charge in [0.25, 0.3) is 23.6 Å². The van der Waals surface area contributed by atoms with Crippen molar-refractivity contribution >= 4 is 70.2 Å². The van der Waals surface area contributed by atoms with Gasteiger partial charge in [-0.25, -0.2) is 9.59 Å². The third-order valence-corrected chi connectivity index (χ3v) is 9.88. The number of hydrogen-bond acceptors (Lipinski definition) is 12. The van der Waals surface area contributed by atoms with E-state index < -0.39 is 103 Å². The SMILES string of the molecule is CCN1C(=O)C2(C(=O)N(CC)C1=S)c1cc(O)c(O)c(C(=O)O)c1C1(C(=O)N(CC)C(=S)N(CC)C1=O)c1cc(O)c(O)c(C(=O)O)c12. The normalized spacial score (nSPS) is 18.2. The summed E-state index contributed by atoms with van der Waals surface area (Å²) in [6.07, 6.45) is 0. The summed E-state index contributed by atoms with van der Waals surface area (Å²) in [4.78, 5) is 89.1. The molecule has 2 aromatic carbocycles. The number of carboxylic acid groups (broad SMARTS) is 2. The lowest BCUT2D eigenvalue weighted by Crippen LogP contribution is -2.73. The zero-order chi connectivity index (χ0) is 35.9. The quantitative estimate of drug-likeness (QED) is 0.139. The van der Waals surface area contributed by atoms with Gasteiger partial charge in [0.1, 0.15) is 11.1 Å². The van der Waals surface area contributed by atoms with Crippen LogP contribution in [-0.2, 0) is 30.0 Å². The van der Waals surface area contributed by atoms with Crippen LogP contribution < -0.4 is 0 Å². The molecule has 18 heteroatoms. The molecule has 16 nitrogen and oxygen atoms in total. The average Bonchev–Trinajstić information content (AvgIpc) is 3.01. The first-order chi connectivity index (χ1) is 22.5. The van der Waals surface area contributed by atoms with Crippen molar-refractivity contribution in [2.75, 3.05) is 26.2 Å². The fourth-order valence-electron chi connectivity index (χ4n) is 7.01. The Labute approximate surface area is 282 Å². The number of carboxylic acids is 2. The van der Waals surface area contributed by atoms with Crippen LogP contribution in [0.5, 0.6) is 23.0 Å². The van der Waals surface area contributed by atoms with Gasteiger partial charge in [-0.2, -0.15) is 0 Å². The predicted molar refractivity (Wildman–Crippen MR) is 170 cm³/mol. The monoisotopic (exact) mass is 700 g/mol. The van der Waals surface area contributed by atoms with Crippen molar-refractivity contribution in [3.63, 3.8) is 0 Å². The molecule has 4 amide bonds. The number of benzene rings is 2. The highest BCUT2D eigenvalue weighted by Gasteiger charge is 2.72. The van der Waals surface area contributed by atoms with Gasteiger partial charge in [0.15, 0.2) is 44.1 Å². The van der Waals surface area contributed by atoms with Crippen molar-refractivity contribution in [2.45, 2.75) is 38.5 Å². The Bertz CT molecular complexity index is 1750. The van der Waals surface area contributed by atoms with E-state index in [1.165, 1.54) is 27.7 Å². The topological polar surface area (TPSA) is 237 Å². The van der Waals surface area contributed by atoms with Crippen LogP contribution in [0.25, 0.3) is 0 Å². The van der Waals surface area contributed by atoms with E-state index >= 15 is 0 Å². The summed E-state index contributed by atoms with van der Waals surface area (Å²) in [5.41, 5.74) is -12.3. The van der Waals surface area contributed by atoms with Crippen LogP contribution >= 0.6 is 24.4 Å². The van der Waals surface area contributed by atoms with Gasteiger partial charge in [-0.05, 0) is 75.4 Å². The van der Waals surface area contributed by atoms with E-state index in [1.54, 1.807) is 0 Å². The van der Waals surface area contributed by atoms with Crippen LogP contribution in [0, 0.1) is 0 Å². The number of thiocarbonyl (C=S) groups is 2. The van der Waals surface area contributed by atoms with Crippen molar-refractivity contribution in [2.24, 2.45) is 0 Å². The second kappa shape index (κ2) is 11.1. The van der Waals surface area contributed by atoms with E-state index in [1.807, 2.05) is 0 Å². The minimum Gasteiger partial charge on any atom is -0.504 e. The number of fused-ring (bicyclic) bond motifs is 6. The average molecular weight is 701 g/mol. The molecule has 252 valence electrons. The van der Waals surface area contributed by atoms with Gasteiger partial charge in [-0.1, -0.05) is 0 Å². The lowest BCUT2D eigenvalue weighted by molar-refractivity contribution is -0.151. The van der Waals surface area contributed by atoms with E-state index in [9.17, 15) is 59.4 Å². The smallest absolute Gasteiger partial charge is 0.339 e. The largest absolute Gasteiger partial charge is 0.504 e. The van der Waals surface area contributed by atoms with Crippen molar-refractivity contribution in [3.05, 3.63) is 45.5 Å². The molecule has 2 aliphatic heterocycles. The summed E-state index contributed by atoms with van der Waals surface area (Å²) in [6, 6.07) is 1.20. The maximum Gasteiger partial charge on any atom is 0.339 e. The number of hydrogen-bond donors (Lipinski definition) is 6. The number of carbonyl (C=O) groups excluding carboxylic acids is 4. The molecule has 0 atom stereocenters. The lowest BCUT2D eigenvalue weighted by Gasteiger charge is -2.54. The number of aromatic hydroxyl groups is 4. The van der Waals surface area contributed by atoms with E-state index in [0.717, 1.165) is 19.6 Å². The summed E-state index contributed by atoms with van der Waals surface area (Å²) in [5, 5.41) is 64.5. The maximum atomic E-state index is 14.9. The van der Waals surface area contributed by atoms with Crippen molar-refractivity contribution in [1.82, 2.24) is 19.6 Å². The first kappa shape index (κ1) is 34.0. The highest BCUT2D eigenvalue weighted by molar-refractivity contribution is 7.80. The zero-order valence-corrected chi connectivity index (χ0v) is 27.4. The molecule has 0 bridgehead atoms. The Morgan fingerprint density at radius 1 is 0.583 bits per heavy atom. The second-order valence-corrected chi connectivity index (χ2v) is 11.7. The molecule has 2 aromatic rings. The number of nitrogens with zero attached hydrogens (tertiary/aromatic N) is 4. The lowest BCUT2D eigenvalue weighted by atomic mass is 9.52. The molecular formula is C30H28N4O12S2. The molecule has 5 rings (SSSR count). The number of likely N-dealkylation sites (N-methyl/N-ethyl adjacent to an activating group) is 4. The van der Waals surface area contributed by atoms with E-state index in [2.05, 4.69) is 0 Å². The molecule has 2 fully saturated rings. The van der Waals surface area contributed by atoms with Crippen molar-refractivity contribution in [3.8, 4) is 23.0 Å². The minimum absolute atomic E-state index is 0.235. The van der Waals surface area contributed by atoms with E-state index in [-0.39, 0.29) is 36.4 Å². The van der Waals surface area contributed by atoms with Crippen LogP contribution in [0.3, 0.4) is 0 Å². The third-order valence-electron chi connectivity index (χ3n) is 9.00. The molecule has 1 aliphatic carbocycles. The number of aromatic carboxylic acids is 2. The summed E-state index contributed by atoms with van der Waals surface area (Å²) < 4.78 is 0. The van der Waals surface area contributed by atoms with Gasteiger partial charge in [0, 0.05) is 37.3 Å². The summed E-state index contributed by atoms with van der Waals surface area (Å²) in [7, 11) is 0. The van der Waals surface area contributed by atoms with Crippen LogP contribution in [-0.4, -0.2) is 122 Å². The molecule has 0 radical (unpaired) electrons. The van der Waals surface area contributed by atoms with Gasteiger partial charge in [0.05, 0.1) is 0 Å². The molecule has 0 unspecified atom stereocenters. The molecule has 48 heavy (non-hydrogen) atoms. The van der Waals surface area contributed by atoms with Gasteiger partial charge >= 0.3 is 11.9 Å². The van der Waals surface area contributed by atoms with Gasteiger partial charge in [-0.15, -0.1) is 0 Å². The molecule has 0 aromatic heterocycles. The Kier molecular flexibility index (Phi) is 7.87. The highest BCUT2D eigenvalue weighted by Crippen LogP contribution is 2.61. The summed E-state index contributed by atoms with van der Waals surface area (Å²) in [6.45, 7) is 4.91. The Balaban J connectivity index is 2.24. The first-order valence-electron chi connectivity index (χ1n) is 14.5. The zero-order valence-electron chi connectivity index (χ0n) is 25.7. The third kappa shape index (κ3) is 3.74. The molecule has 6 N–H and O–H groups in total. The van der Waals surface area contributed by atoms with Gasteiger partial charge < -0.3 is 30.6 Å². The van der Waals surface area contributed by atoms with Crippen molar-refractivity contribution < 1.29 is 59.4 Å². The van der Waals surface area contributed by atoms with Crippen LogP contribution in [0.2, 0.25) is 0 Å². The van der Waals surface area contributed by atoms with Gasteiger partial charge in [0.2, 0.25) is 0 Å². The van der Waals surface area contributed by atoms with E-state index in [4.69, 9.17) is 24.4 Å². The van der Waals surface area contributed by atoms with Crippen molar-refractivity contribution in [1.29, 1.82) is 0 Å². The van der Waals surface area contributed by atoms with E-state index in [0.29, 0.717) is 12.1 Å². The predicted octanol–water partition coefficient (Wildman–Crippen LogP) is 0.782. The number of rotatable bonds is 6. The summed E-state index contributed by atoms with van der Waals surface area (Å²) >= 11 is 10.8. The van der Waals surface area contributed by atoms with Gasteiger partial charge in [-0.3, -0.25) is 38.8 Å².